The van der Waals surface area contributed by atoms with Crippen molar-refractivity contribution in [3.8, 4) is 0 Å². The van der Waals surface area contributed by atoms with Crippen LogP contribution < -0.4 is 5.32 Å². The zero-order chi connectivity index (χ0) is 15.5. The third kappa shape index (κ3) is 2.63. The maximum absolute atomic E-state index is 10.9. The third-order valence-electron chi connectivity index (χ3n) is 3.55. The van der Waals surface area contributed by atoms with Crippen molar-refractivity contribution < 1.29 is 4.92 Å². The van der Waals surface area contributed by atoms with Gasteiger partial charge in [-0.05, 0) is 18.6 Å². The molecule has 6 nitrogen and oxygen atoms in total. The van der Waals surface area contributed by atoms with Crippen molar-refractivity contribution in [1.29, 1.82) is 0 Å². The Morgan fingerprint density at radius 2 is 2.00 bits per heavy atom. The summed E-state index contributed by atoms with van der Waals surface area (Å²) in [5.41, 5.74) is 2.74. The van der Waals surface area contributed by atoms with Crippen molar-refractivity contribution in [1.82, 2.24) is 9.55 Å². The predicted octanol–water partition coefficient (Wildman–Crippen LogP) is 3.58. The van der Waals surface area contributed by atoms with Gasteiger partial charge in [0.1, 0.15) is 0 Å². The lowest BCUT2D eigenvalue weighted by Crippen LogP contribution is -2.06. The Kier molecular flexibility index (Phi) is 3.74. The number of hydrogen-bond donors (Lipinski definition) is 1. The van der Waals surface area contributed by atoms with Crippen LogP contribution in [0.4, 0.5) is 11.6 Å². The number of fused-ring (bicyclic) bond motifs is 1. The van der Waals surface area contributed by atoms with Crippen molar-refractivity contribution in [3.63, 3.8) is 0 Å². The number of anilines is 1. The molecule has 1 aromatic heterocycles. The van der Waals surface area contributed by atoms with Crippen LogP contribution in [0.3, 0.4) is 0 Å². The molecule has 1 N–H and O–H groups in total. The van der Waals surface area contributed by atoms with Gasteiger partial charge in [0.25, 0.3) is 5.69 Å². The zero-order valence-electron chi connectivity index (χ0n) is 12.2. The van der Waals surface area contributed by atoms with Gasteiger partial charge >= 0.3 is 0 Å². The molecular formula is C16H16N4O2. The van der Waals surface area contributed by atoms with E-state index in [4.69, 9.17) is 0 Å². The van der Waals surface area contributed by atoms with Gasteiger partial charge in [-0.15, -0.1) is 0 Å². The van der Waals surface area contributed by atoms with Crippen LogP contribution in [0.1, 0.15) is 12.5 Å². The fourth-order valence-electron chi connectivity index (χ4n) is 2.46. The van der Waals surface area contributed by atoms with E-state index >= 15 is 0 Å². The number of aromatic nitrogens is 2. The van der Waals surface area contributed by atoms with Gasteiger partial charge in [0.2, 0.25) is 5.95 Å². The first-order chi connectivity index (χ1) is 10.7. The van der Waals surface area contributed by atoms with Gasteiger partial charge in [0.05, 0.1) is 16.0 Å². The molecule has 1 heterocycles. The summed E-state index contributed by atoms with van der Waals surface area (Å²) in [6.45, 7) is 3.42. The highest BCUT2D eigenvalue weighted by molar-refractivity contribution is 5.81. The fraction of sp³-hybridized carbons (Fsp3) is 0.188. The molecule has 3 aromatic rings. The van der Waals surface area contributed by atoms with E-state index in [1.165, 1.54) is 12.1 Å². The third-order valence-corrected chi connectivity index (χ3v) is 3.55. The average molecular weight is 296 g/mol. The minimum absolute atomic E-state index is 0.0582. The molecule has 0 saturated heterocycles. The van der Waals surface area contributed by atoms with Gasteiger partial charge in [-0.3, -0.25) is 10.1 Å². The molecule has 0 spiro atoms. The number of hydrogen-bond acceptors (Lipinski definition) is 4. The van der Waals surface area contributed by atoms with Crippen LogP contribution in [0.5, 0.6) is 0 Å². The van der Waals surface area contributed by atoms with Crippen molar-refractivity contribution in [2.75, 3.05) is 5.32 Å². The van der Waals surface area contributed by atoms with E-state index in [1.807, 2.05) is 41.8 Å². The molecule has 22 heavy (non-hydrogen) atoms. The summed E-state index contributed by atoms with van der Waals surface area (Å²) < 4.78 is 2.02. The quantitative estimate of drug-likeness (QED) is 0.577. The highest BCUT2D eigenvalue weighted by Gasteiger charge is 2.13. The summed E-state index contributed by atoms with van der Waals surface area (Å²) in [5, 5.41) is 14.2. The Morgan fingerprint density at radius 3 is 2.68 bits per heavy atom. The van der Waals surface area contributed by atoms with Gasteiger partial charge in [-0.2, -0.15) is 0 Å². The molecule has 112 valence electrons. The number of rotatable bonds is 5. The molecule has 0 atom stereocenters. The van der Waals surface area contributed by atoms with Crippen LogP contribution in [-0.4, -0.2) is 14.5 Å². The maximum Gasteiger partial charge on any atom is 0.271 e. The second-order valence-corrected chi connectivity index (χ2v) is 4.95. The highest BCUT2D eigenvalue weighted by Crippen LogP contribution is 2.24. The largest absolute Gasteiger partial charge is 0.352 e. The topological polar surface area (TPSA) is 73.0 Å². The molecular weight excluding hydrogens is 280 g/mol. The Labute approximate surface area is 127 Å². The number of nitrogens with one attached hydrogen (secondary N) is 1. The van der Waals surface area contributed by atoms with E-state index in [0.717, 1.165) is 23.6 Å². The molecule has 2 aromatic carbocycles. The number of aryl methyl sites for hydroxylation is 1. The Morgan fingerprint density at radius 1 is 1.23 bits per heavy atom. The SMILES string of the molecule is CCn1c(NCc2ccccc2)nc2cc([N+](=O)[O-])ccc21. The van der Waals surface area contributed by atoms with Crippen molar-refractivity contribution in [3.05, 3.63) is 64.2 Å². The number of nitro benzene ring substituents is 1. The van der Waals surface area contributed by atoms with E-state index in [9.17, 15) is 10.1 Å². The molecule has 3 rings (SSSR count). The minimum atomic E-state index is -0.401. The predicted molar refractivity (Wildman–Crippen MR) is 85.8 cm³/mol. The van der Waals surface area contributed by atoms with E-state index in [2.05, 4.69) is 10.3 Å². The van der Waals surface area contributed by atoms with Gasteiger partial charge in [0, 0.05) is 25.2 Å². The first kappa shape index (κ1) is 14.1. The normalized spacial score (nSPS) is 10.8. The molecule has 0 fully saturated rings. The summed E-state index contributed by atoms with van der Waals surface area (Å²) in [7, 11) is 0. The number of nitro groups is 1. The number of nitrogens with zero attached hydrogens (tertiary/aromatic N) is 3. The highest BCUT2D eigenvalue weighted by atomic mass is 16.6. The molecule has 0 aliphatic heterocycles. The summed E-state index contributed by atoms with van der Waals surface area (Å²) in [6.07, 6.45) is 0. The number of non-ortho nitro benzene ring substituents is 1. The molecule has 0 aliphatic rings. The summed E-state index contributed by atoms with van der Waals surface area (Å²) in [6, 6.07) is 14.8. The Bertz CT molecular complexity index is 812. The maximum atomic E-state index is 10.9. The van der Waals surface area contributed by atoms with Gasteiger partial charge < -0.3 is 9.88 Å². The van der Waals surface area contributed by atoms with Crippen LogP contribution in [-0.2, 0) is 13.1 Å². The van der Waals surface area contributed by atoms with Crippen molar-refractivity contribution in [2.45, 2.75) is 20.0 Å². The molecule has 0 bridgehead atoms. The smallest absolute Gasteiger partial charge is 0.271 e. The van der Waals surface area contributed by atoms with E-state index in [1.54, 1.807) is 6.07 Å². The van der Waals surface area contributed by atoms with Crippen LogP contribution in [0.2, 0.25) is 0 Å². The Balaban J connectivity index is 1.93. The van der Waals surface area contributed by atoms with Crippen LogP contribution >= 0.6 is 0 Å². The fourth-order valence-corrected chi connectivity index (χ4v) is 2.46. The standard InChI is InChI=1S/C16H16N4O2/c1-2-19-15-9-8-13(20(21)22)10-14(15)18-16(19)17-11-12-6-4-3-5-7-12/h3-10H,2,11H2,1H3,(H,17,18). The van der Waals surface area contributed by atoms with Gasteiger partial charge in [-0.25, -0.2) is 4.98 Å². The average Bonchev–Trinajstić information content (AvgIpc) is 2.90. The second-order valence-electron chi connectivity index (χ2n) is 4.95. The van der Waals surface area contributed by atoms with E-state index in [-0.39, 0.29) is 5.69 Å². The zero-order valence-corrected chi connectivity index (χ0v) is 12.2. The first-order valence-electron chi connectivity index (χ1n) is 7.11. The summed E-state index contributed by atoms with van der Waals surface area (Å²) in [5.74, 6) is 0.724. The molecule has 0 unspecified atom stereocenters. The number of benzene rings is 2. The minimum Gasteiger partial charge on any atom is -0.352 e. The lowest BCUT2D eigenvalue weighted by Gasteiger charge is -2.08. The molecule has 0 aliphatic carbocycles. The molecule has 0 amide bonds. The molecule has 0 radical (unpaired) electrons. The summed E-state index contributed by atoms with van der Waals surface area (Å²) in [4.78, 5) is 15.0. The van der Waals surface area contributed by atoms with E-state index in [0.29, 0.717) is 12.1 Å². The lowest BCUT2D eigenvalue weighted by molar-refractivity contribution is -0.384. The molecule has 6 heteroatoms. The monoisotopic (exact) mass is 296 g/mol. The van der Waals surface area contributed by atoms with Crippen LogP contribution in [0, 0.1) is 10.1 Å². The number of imidazole rings is 1. The van der Waals surface area contributed by atoms with Gasteiger partial charge in [0.15, 0.2) is 0 Å². The van der Waals surface area contributed by atoms with Crippen molar-refractivity contribution >= 4 is 22.7 Å². The van der Waals surface area contributed by atoms with Crippen LogP contribution in [0.25, 0.3) is 11.0 Å². The van der Waals surface area contributed by atoms with Crippen molar-refractivity contribution in [2.24, 2.45) is 0 Å². The molecule has 0 saturated carbocycles. The van der Waals surface area contributed by atoms with E-state index < -0.39 is 4.92 Å². The second kappa shape index (κ2) is 5.85. The first-order valence-corrected chi connectivity index (χ1v) is 7.11. The Hall–Kier alpha value is -2.89. The lowest BCUT2D eigenvalue weighted by atomic mass is 10.2. The summed E-state index contributed by atoms with van der Waals surface area (Å²) >= 11 is 0. The van der Waals surface area contributed by atoms with Gasteiger partial charge in [-0.1, -0.05) is 30.3 Å². The van der Waals surface area contributed by atoms with Crippen LogP contribution in [0.15, 0.2) is 48.5 Å².